The van der Waals surface area contributed by atoms with Crippen molar-refractivity contribution in [3.8, 4) is 0 Å². The average molecular weight is 470 g/mol. The summed E-state index contributed by atoms with van der Waals surface area (Å²) in [5.74, 6) is -1.63. The second-order valence-electron chi connectivity index (χ2n) is 7.03. The first kappa shape index (κ1) is 20.0. The van der Waals surface area contributed by atoms with E-state index in [0.29, 0.717) is 11.1 Å². The number of imide groups is 2. The number of aromatic nitrogens is 1. The molecule has 0 atom stereocenters. The molecule has 8 heteroatoms. The largest absolute Gasteiger partial charge is 0.342 e. The van der Waals surface area contributed by atoms with Crippen LogP contribution < -0.4 is 0 Å². The van der Waals surface area contributed by atoms with Gasteiger partial charge in [-0.3, -0.25) is 19.4 Å². The molecule has 4 rings (SSSR count). The van der Waals surface area contributed by atoms with Crippen molar-refractivity contribution in [3.63, 3.8) is 0 Å². The Balaban J connectivity index is 1.85. The molecule has 1 aromatic heterocycles. The van der Waals surface area contributed by atoms with E-state index in [0.717, 1.165) is 25.2 Å². The van der Waals surface area contributed by atoms with Gasteiger partial charge in [-0.05, 0) is 30.3 Å². The van der Waals surface area contributed by atoms with E-state index < -0.39 is 17.8 Å². The first-order valence-electron chi connectivity index (χ1n) is 9.11. The highest BCUT2D eigenvalue weighted by Crippen LogP contribution is 2.29. The van der Waals surface area contributed by atoms with Crippen molar-refractivity contribution in [2.45, 2.75) is 6.54 Å². The second kappa shape index (κ2) is 7.53. The summed E-state index contributed by atoms with van der Waals surface area (Å²) < 4.78 is 16.9. The fourth-order valence-electron chi connectivity index (χ4n) is 3.48. The van der Waals surface area contributed by atoms with Crippen LogP contribution in [0.25, 0.3) is 17.0 Å². The molecule has 2 aromatic carbocycles. The van der Waals surface area contributed by atoms with Gasteiger partial charge >= 0.3 is 6.03 Å². The second-order valence-corrected chi connectivity index (χ2v) is 7.95. The van der Waals surface area contributed by atoms with Crippen molar-refractivity contribution in [2.24, 2.45) is 0 Å². The van der Waals surface area contributed by atoms with Gasteiger partial charge < -0.3 is 4.57 Å². The van der Waals surface area contributed by atoms with E-state index in [1.807, 2.05) is 22.8 Å². The van der Waals surface area contributed by atoms with Crippen molar-refractivity contribution < 1.29 is 18.8 Å². The Hall–Kier alpha value is -3.26. The molecular formula is C22H17BrFN3O3. The zero-order chi connectivity index (χ0) is 21.6. The highest BCUT2D eigenvalue weighted by Gasteiger charge is 2.37. The number of hydrogen-bond acceptors (Lipinski definition) is 3. The van der Waals surface area contributed by atoms with Gasteiger partial charge in [0, 0.05) is 46.8 Å². The fourth-order valence-corrected chi connectivity index (χ4v) is 3.84. The normalized spacial score (nSPS) is 14.8. The maximum absolute atomic E-state index is 14.2. The van der Waals surface area contributed by atoms with Gasteiger partial charge in [-0.25, -0.2) is 9.18 Å². The van der Waals surface area contributed by atoms with Crippen molar-refractivity contribution in [2.75, 3.05) is 14.1 Å². The van der Waals surface area contributed by atoms with Gasteiger partial charge in [0.15, 0.2) is 0 Å². The molecule has 152 valence electrons. The molecule has 30 heavy (non-hydrogen) atoms. The van der Waals surface area contributed by atoms with E-state index in [9.17, 15) is 18.8 Å². The van der Waals surface area contributed by atoms with E-state index >= 15 is 0 Å². The van der Waals surface area contributed by atoms with Gasteiger partial charge in [0.1, 0.15) is 11.4 Å². The van der Waals surface area contributed by atoms with Crippen LogP contribution in [0.5, 0.6) is 0 Å². The van der Waals surface area contributed by atoms with Crippen LogP contribution in [0.3, 0.4) is 0 Å². The SMILES string of the molecule is CN1C(=O)C(=Cc2cn(Cc3ccccc3F)c3ccc(Br)cc23)C(=O)N(C)C1=O. The standard InChI is InChI=1S/C22H17BrFN3O3/c1-25-20(28)17(21(29)26(2)22(25)30)9-14-12-27(11-13-5-3-4-6-18(13)24)19-8-7-15(23)10-16(14)19/h3-10,12H,11H2,1-2H3. The maximum Gasteiger partial charge on any atom is 0.333 e. The van der Waals surface area contributed by atoms with Crippen molar-refractivity contribution >= 4 is 50.8 Å². The minimum absolute atomic E-state index is 0.107. The Kier molecular flexibility index (Phi) is 5.03. The molecule has 1 fully saturated rings. The van der Waals surface area contributed by atoms with Gasteiger partial charge in [-0.1, -0.05) is 34.1 Å². The summed E-state index contributed by atoms with van der Waals surface area (Å²) in [6.07, 6.45) is 3.25. The van der Waals surface area contributed by atoms with E-state index in [-0.39, 0.29) is 17.9 Å². The Morgan fingerprint density at radius 2 is 1.67 bits per heavy atom. The van der Waals surface area contributed by atoms with E-state index in [1.54, 1.807) is 24.4 Å². The van der Waals surface area contributed by atoms with Gasteiger partial charge in [-0.15, -0.1) is 0 Å². The summed E-state index contributed by atoms with van der Waals surface area (Å²) in [5.41, 5.74) is 1.85. The first-order chi connectivity index (χ1) is 14.3. The third-order valence-electron chi connectivity index (χ3n) is 5.12. The lowest BCUT2D eigenvalue weighted by Gasteiger charge is -2.28. The molecule has 1 aliphatic rings. The highest BCUT2D eigenvalue weighted by atomic mass is 79.9. The predicted octanol–water partition coefficient (Wildman–Crippen LogP) is 4.03. The number of benzene rings is 2. The van der Waals surface area contributed by atoms with Gasteiger partial charge in [0.25, 0.3) is 11.8 Å². The number of barbiturate groups is 1. The Labute approximate surface area is 180 Å². The van der Waals surface area contributed by atoms with Crippen LogP contribution in [0.15, 0.2) is 58.7 Å². The summed E-state index contributed by atoms with van der Waals surface area (Å²) >= 11 is 3.45. The number of urea groups is 1. The number of halogens is 2. The lowest BCUT2D eigenvalue weighted by molar-refractivity contribution is -0.134. The minimum atomic E-state index is -0.674. The molecule has 0 bridgehead atoms. The van der Waals surface area contributed by atoms with Gasteiger partial charge in [-0.2, -0.15) is 0 Å². The smallest absolute Gasteiger partial charge is 0.333 e. The molecule has 0 spiro atoms. The number of likely N-dealkylation sites (N-methyl/N-ethyl adjacent to an activating group) is 2. The summed E-state index contributed by atoms with van der Waals surface area (Å²) in [6, 6.07) is 11.5. The summed E-state index contributed by atoms with van der Waals surface area (Å²) in [7, 11) is 2.67. The molecule has 0 aliphatic carbocycles. The highest BCUT2D eigenvalue weighted by molar-refractivity contribution is 9.10. The molecule has 6 nitrogen and oxygen atoms in total. The number of nitrogens with zero attached hydrogens (tertiary/aromatic N) is 3. The van der Waals surface area contributed by atoms with Crippen LogP contribution in [0.4, 0.5) is 9.18 Å². The third kappa shape index (κ3) is 3.33. The predicted molar refractivity (Wildman–Crippen MR) is 114 cm³/mol. The molecule has 4 amide bonds. The number of amides is 4. The topological polar surface area (TPSA) is 62.6 Å². The molecule has 0 radical (unpaired) electrons. The zero-order valence-electron chi connectivity index (χ0n) is 16.2. The lowest BCUT2D eigenvalue weighted by Crippen LogP contribution is -2.52. The Morgan fingerprint density at radius 3 is 2.33 bits per heavy atom. The molecular weight excluding hydrogens is 453 g/mol. The number of hydrogen-bond donors (Lipinski definition) is 0. The Morgan fingerprint density at radius 1 is 1.00 bits per heavy atom. The van der Waals surface area contributed by atoms with Crippen LogP contribution in [-0.2, 0) is 16.1 Å². The quantitative estimate of drug-likeness (QED) is 0.429. The fraction of sp³-hybridized carbons (Fsp3) is 0.136. The van der Waals surface area contributed by atoms with Crippen LogP contribution in [0.2, 0.25) is 0 Å². The number of carbonyl (C=O) groups excluding carboxylic acids is 3. The first-order valence-corrected chi connectivity index (χ1v) is 9.91. The summed E-state index contributed by atoms with van der Waals surface area (Å²) in [5, 5.41) is 0.788. The molecule has 3 aromatic rings. The van der Waals surface area contributed by atoms with Crippen molar-refractivity contribution in [3.05, 3.63) is 75.7 Å². The molecule has 2 heterocycles. The number of fused-ring (bicyclic) bond motifs is 1. The van der Waals surface area contributed by atoms with Gasteiger partial charge in [0.2, 0.25) is 0 Å². The van der Waals surface area contributed by atoms with Crippen LogP contribution >= 0.6 is 15.9 Å². The number of rotatable bonds is 3. The molecule has 1 aliphatic heterocycles. The average Bonchev–Trinajstić information content (AvgIpc) is 3.06. The molecule has 0 N–H and O–H groups in total. The van der Waals surface area contributed by atoms with E-state index in [2.05, 4.69) is 15.9 Å². The third-order valence-corrected chi connectivity index (χ3v) is 5.61. The van der Waals surface area contributed by atoms with Crippen molar-refractivity contribution in [1.82, 2.24) is 14.4 Å². The zero-order valence-corrected chi connectivity index (χ0v) is 17.8. The van der Waals surface area contributed by atoms with Gasteiger partial charge in [0.05, 0.1) is 6.54 Å². The lowest BCUT2D eigenvalue weighted by atomic mass is 10.1. The Bertz CT molecular complexity index is 1220. The summed E-state index contributed by atoms with van der Waals surface area (Å²) in [6.45, 7) is 0.286. The molecule has 0 unspecified atom stereocenters. The maximum atomic E-state index is 14.2. The summed E-state index contributed by atoms with van der Waals surface area (Å²) in [4.78, 5) is 38.9. The van der Waals surface area contributed by atoms with Crippen LogP contribution in [-0.4, -0.2) is 46.3 Å². The van der Waals surface area contributed by atoms with Crippen molar-refractivity contribution in [1.29, 1.82) is 0 Å². The molecule has 0 saturated carbocycles. The van der Waals surface area contributed by atoms with Crippen LogP contribution in [0.1, 0.15) is 11.1 Å². The van der Waals surface area contributed by atoms with Crippen LogP contribution in [0, 0.1) is 5.82 Å². The number of carbonyl (C=O) groups is 3. The van der Waals surface area contributed by atoms with E-state index in [1.165, 1.54) is 26.2 Å². The molecule has 1 saturated heterocycles. The van der Waals surface area contributed by atoms with E-state index in [4.69, 9.17) is 0 Å². The monoisotopic (exact) mass is 469 g/mol. The minimum Gasteiger partial charge on any atom is -0.342 e.